The minimum absolute atomic E-state index is 0.0108. The summed E-state index contributed by atoms with van der Waals surface area (Å²) in [6.45, 7) is 4.51. The molecule has 0 spiro atoms. The summed E-state index contributed by atoms with van der Waals surface area (Å²) in [7, 11) is 1.22. The molecule has 0 aromatic carbocycles. The average molecular weight is 683 g/mol. The van der Waals surface area contributed by atoms with Crippen molar-refractivity contribution in [1.82, 2.24) is 5.32 Å². The lowest BCUT2D eigenvalue weighted by Gasteiger charge is -2.29. The molecule has 274 valence electrons. The van der Waals surface area contributed by atoms with E-state index in [-0.39, 0.29) is 12.5 Å². The van der Waals surface area contributed by atoms with Crippen LogP contribution in [0.3, 0.4) is 0 Å². The fourth-order valence-electron chi connectivity index (χ4n) is 4.74. The largest absolute Gasteiger partial charge is 0.756 e. The molecule has 9 heteroatoms. The van der Waals surface area contributed by atoms with Gasteiger partial charge in [0.15, 0.2) is 0 Å². The van der Waals surface area contributed by atoms with Crippen LogP contribution >= 0.6 is 7.82 Å². The lowest BCUT2D eigenvalue weighted by Crippen LogP contribution is -2.45. The minimum Gasteiger partial charge on any atom is -0.756 e. The van der Waals surface area contributed by atoms with Crippen molar-refractivity contribution in [1.29, 1.82) is 0 Å². The number of aliphatic hydroxyl groups excluding tert-OH is 1. The smallest absolute Gasteiger partial charge is 0.268 e. The molecular formula is C38H71N2O6P. The maximum Gasteiger partial charge on any atom is 0.268 e. The Balaban J connectivity index is 4.60. The third-order valence-electron chi connectivity index (χ3n) is 7.79. The molecule has 0 bridgehead atoms. The molecule has 0 aliphatic rings. The van der Waals surface area contributed by atoms with Crippen LogP contribution in [0.1, 0.15) is 136 Å². The van der Waals surface area contributed by atoms with E-state index in [9.17, 15) is 19.4 Å². The topological polar surface area (TPSA) is 108 Å². The van der Waals surface area contributed by atoms with Crippen molar-refractivity contribution < 1.29 is 32.9 Å². The van der Waals surface area contributed by atoms with Gasteiger partial charge in [0.1, 0.15) is 13.2 Å². The Kier molecular flexibility index (Phi) is 29.5. The lowest BCUT2D eigenvalue weighted by atomic mass is 10.1. The highest BCUT2D eigenvalue weighted by atomic mass is 31.2. The van der Waals surface area contributed by atoms with Gasteiger partial charge in [0.2, 0.25) is 5.91 Å². The van der Waals surface area contributed by atoms with E-state index in [1.165, 1.54) is 57.8 Å². The zero-order valence-corrected chi connectivity index (χ0v) is 31.6. The molecule has 0 aromatic rings. The van der Waals surface area contributed by atoms with Crippen molar-refractivity contribution in [3.63, 3.8) is 0 Å². The van der Waals surface area contributed by atoms with Crippen LogP contribution in [0.15, 0.2) is 48.6 Å². The van der Waals surface area contributed by atoms with Gasteiger partial charge in [0.25, 0.3) is 7.82 Å². The van der Waals surface area contributed by atoms with E-state index in [2.05, 4.69) is 55.6 Å². The Hall–Kier alpha value is -1.54. The van der Waals surface area contributed by atoms with Gasteiger partial charge in [-0.05, 0) is 57.8 Å². The van der Waals surface area contributed by atoms with Gasteiger partial charge in [-0.25, -0.2) is 0 Å². The standard InChI is InChI=1S/C38H71N2O6P/c1-6-8-10-12-14-16-18-19-20-21-22-24-26-28-30-32-38(42)39-36(35-46-47(43,44)45-34-33-40(3,4)5)37(41)31-29-27-25-23-17-15-13-11-9-7-2/h14,16-19,23,29,31,36-37,41H,6-13,15,20-22,24-28,30,32-35H2,1-5H3,(H-,39,42,43,44)/b16-14-,19-18-,23-17+,31-29+. The highest BCUT2D eigenvalue weighted by molar-refractivity contribution is 7.45. The number of nitrogens with one attached hydrogen (secondary N) is 1. The summed E-state index contributed by atoms with van der Waals surface area (Å²) < 4.78 is 23.0. The quantitative estimate of drug-likeness (QED) is 0.0242. The molecule has 0 saturated heterocycles. The number of carbonyl (C=O) groups is 1. The van der Waals surface area contributed by atoms with E-state index in [0.29, 0.717) is 17.4 Å². The lowest BCUT2D eigenvalue weighted by molar-refractivity contribution is -0.870. The van der Waals surface area contributed by atoms with E-state index in [1.54, 1.807) is 6.08 Å². The summed E-state index contributed by atoms with van der Waals surface area (Å²) in [5.41, 5.74) is 0. The van der Waals surface area contributed by atoms with E-state index in [1.807, 2.05) is 27.2 Å². The van der Waals surface area contributed by atoms with E-state index < -0.39 is 26.6 Å². The summed E-state index contributed by atoms with van der Waals surface area (Å²) in [5, 5.41) is 13.6. The van der Waals surface area contributed by atoms with Crippen molar-refractivity contribution in [3.05, 3.63) is 48.6 Å². The predicted molar refractivity (Wildman–Crippen MR) is 196 cm³/mol. The van der Waals surface area contributed by atoms with Crippen molar-refractivity contribution in [2.75, 3.05) is 40.9 Å². The zero-order valence-electron chi connectivity index (χ0n) is 30.7. The predicted octanol–water partition coefficient (Wildman–Crippen LogP) is 8.72. The first kappa shape index (κ1) is 45.5. The molecule has 3 unspecified atom stereocenters. The number of phosphoric ester groups is 1. The number of allylic oxidation sites excluding steroid dienone is 7. The average Bonchev–Trinajstić information content (AvgIpc) is 3.01. The summed E-state index contributed by atoms with van der Waals surface area (Å²) in [5.74, 6) is -0.225. The summed E-state index contributed by atoms with van der Waals surface area (Å²) in [4.78, 5) is 25.1. The fraction of sp³-hybridized carbons (Fsp3) is 0.763. The van der Waals surface area contributed by atoms with Gasteiger partial charge >= 0.3 is 0 Å². The Morgan fingerprint density at radius 1 is 0.745 bits per heavy atom. The van der Waals surface area contributed by atoms with E-state index in [4.69, 9.17) is 9.05 Å². The summed E-state index contributed by atoms with van der Waals surface area (Å²) in [6, 6.07) is -0.906. The number of nitrogens with zero attached hydrogens (tertiary/aromatic N) is 1. The molecule has 0 rings (SSSR count). The van der Waals surface area contributed by atoms with Crippen LogP contribution in [0.25, 0.3) is 0 Å². The minimum atomic E-state index is -4.59. The molecule has 0 aromatic heterocycles. The molecule has 3 atom stereocenters. The monoisotopic (exact) mass is 683 g/mol. The summed E-state index contributed by atoms with van der Waals surface area (Å²) >= 11 is 0. The fourth-order valence-corrected chi connectivity index (χ4v) is 5.47. The van der Waals surface area contributed by atoms with E-state index in [0.717, 1.165) is 57.8 Å². The second-order valence-corrected chi connectivity index (χ2v) is 15.0. The maximum atomic E-state index is 12.7. The molecule has 0 fully saturated rings. The molecule has 8 nitrogen and oxygen atoms in total. The molecule has 0 heterocycles. The Labute approximate surface area is 289 Å². The highest BCUT2D eigenvalue weighted by Crippen LogP contribution is 2.38. The molecule has 0 saturated carbocycles. The number of hydrogen-bond acceptors (Lipinski definition) is 6. The van der Waals surface area contributed by atoms with Crippen LogP contribution in [0.4, 0.5) is 0 Å². The normalized spacial score (nSPS) is 15.3. The van der Waals surface area contributed by atoms with Crippen LogP contribution in [-0.4, -0.2) is 68.5 Å². The van der Waals surface area contributed by atoms with Crippen LogP contribution in [-0.2, 0) is 18.4 Å². The second kappa shape index (κ2) is 30.5. The molecular weight excluding hydrogens is 611 g/mol. The van der Waals surface area contributed by atoms with Crippen LogP contribution in [0.5, 0.6) is 0 Å². The van der Waals surface area contributed by atoms with Gasteiger partial charge < -0.3 is 28.8 Å². The first-order valence-electron chi connectivity index (χ1n) is 18.5. The number of phosphoric acid groups is 1. The number of likely N-dealkylation sites (N-methyl/N-ethyl adjacent to an activating group) is 1. The number of aliphatic hydroxyl groups is 1. The SMILES string of the molecule is CCCCC/C=C\C=C/CCCCCCCCC(=O)NC(COP(=O)([O-])OCC[N+](C)(C)C)C(O)/C=C/CC/C=C/CCCCCC. The van der Waals surface area contributed by atoms with Gasteiger partial charge in [0, 0.05) is 6.42 Å². The molecule has 47 heavy (non-hydrogen) atoms. The van der Waals surface area contributed by atoms with Crippen LogP contribution < -0.4 is 10.2 Å². The van der Waals surface area contributed by atoms with Gasteiger partial charge in [-0.2, -0.15) is 0 Å². The van der Waals surface area contributed by atoms with Crippen LogP contribution in [0.2, 0.25) is 0 Å². The second-order valence-electron chi connectivity index (χ2n) is 13.6. The van der Waals surface area contributed by atoms with Gasteiger partial charge in [-0.3, -0.25) is 9.36 Å². The number of quaternary nitrogens is 1. The van der Waals surface area contributed by atoms with Crippen molar-refractivity contribution >= 4 is 13.7 Å². The first-order valence-corrected chi connectivity index (χ1v) is 20.0. The Bertz CT molecular complexity index is 912. The number of amides is 1. The number of hydrogen-bond donors (Lipinski definition) is 2. The highest BCUT2D eigenvalue weighted by Gasteiger charge is 2.23. The van der Waals surface area contributed by atoms with Crippen molar-refractivity contribution in [2.45, 2.75) is 148 Å². The van der Waals surface area contributed by atoms with Gasteiger partial charge in [-0.1, -0.05) is 120 Å². The molecule has 0 aliphatic heterocycles. The van der Waals surface area contributed by atoms with E-state index >= 15 is 0 Å². The first-order chi connectivity index (χ1) is 22.5. The third kappa shape index (κ3) is 32.8. The zero-order chi connectivity index (χ0) is 35.1. The number of carbonyl (C=O) groups excluding carboxylic acids is 1. The van der Waals surface area contributed by atoms with Crippen molar-refractivity contribution in [2.24, 2.45) is 0 Å². The Morgan fingerprint density at radius 2 is 1.26 bits per heavy atom. The van der Waals surface area contributed by atoms with Crippen molar-refractivity contribution in [3.8, 4) is 0 Å². The Morgan fingerprint density at radius 3 is 1.89 bits per heavy atom. The van der Waals surface area contributed by atoms with Gasteiger partial charge in [-0.15, -0.1) is 0 Å². The maximum absolute atomic E-state index is 12.7. The molecule has 1 amide bonds. The molecule has 0 aliphatic carbocycles. The van der Waals surface area contributed by atoms with Gasteiger partial charge in [0.05, 0.1) is 39.9 Å². The molecule has 0 radical (unpaired) electrons. The third-order valence-corrected chi connectivity index (χ3v) is 8.75. The number of rotatable bonds is 32. The number of unbranched alkanes of at least 4 members (excludes halogenated alkanes) is 14. The van der Waals surface area contributed by atoms with Crippen LogP contribution in [0, 0.1) is 0 Å². The molecule has 2 N–H and O–H groups in total. The summed E-state index contributed by atoms with van der Waals surface area (Å²) in [6.07, 6.45) is 35.8.